The highest BCUT2D eigenvalue weighted by molar-refractivity contribution is 4.89. The molecule has 0 radical (unpaired) electrons. The lowest BCUT2D eigenvalue weighted by Crippen LogP contribution is -2.54. The van der Waals surface area contributed by atoms with Crippen molar-refractivity contribution in [3.8, 4) is 0 Å². The Balaban J connectivity index is 4.32. The van der Waals surface area contributed by atoms with Crippen LogP contribution in [0, 0.1) is 0 Å². The van der Waals surface area contributed by atoms with Gasteiger partial charge in [-0.25, -0.2) is 0 Å². The molecule has 0 saturated carbocycles. The Morgan fingerprint density at radius 2 is 1.62 bits per heavy atom. The van der Waals surface area contributed by atoms with Crippen molar-refractivity contribution in [2.24, 2.45) is 0 Å². The summed E-state index contributed by atoms with van der Waals surface area (Å²) in [6.07, 6.45) is -4.97. The second-order valence-electron chi connectivity index (χ2n) is 3.20. The van der Waals surface area contributed by atoms with E-state index in [9.17, 15) is 10.2 Å². The third kappa shape index (κ3) is 3.18. The summed E-state index contributed by atoms with van der Waals surface area (Å²) in [5.74, 6) is 0. The van der Waals surface area contributed by atoms with Gasteiger partial charge >= 0.3 is 0 Å². The van der Waals surface area contributed by atoms with E-state index in [0.29, 0.717) is 0 Å². The van der Waals surface area contributed by atoms with Crippen LogP contribution < -0.4 is 0 Å². The van der Waals surface area contributed by atoms with Gasteiger partial charge in [0.1, 0.15) is 23.9 Å². The van der Waals surface area contributed by atoms with Crippen LogP contribution in [0.15, 0.2) is 0 Å². The van der Waals surface area contributed by atoms with Crippen LogP contribution in [-0.4, -0.2) is 67.8 Å². The van der Waals surface area contributed by atoms with Gasteiger partial charge in [0.05, 0.1) is 13.2 Å². The molecule has 80 valence electrons. The maximum Gasteiger partial charge on any atom is 0.113 e. The Bertz CT molecular complexity index is 148. The smallest absolute Gasteiger partial charge is 0.113 e. The van der Waals surface area contributed by atoms with Crippen molar-refractivity contribution in [1.29, 1.82) is 0 Å². The molecule has 0 aromatic rings. The summed E-state index contributed by atoms with van der Waals surface area (Å²) in [6.45, 7) is -0.395. The van der Waals surface area contributed by atoms with E-state index in [-0.39, 0.29) is 0 Å². The summed E-state index contributed by atoms with van der Waals surface area (Å²) in [6, 6.07) is 0. The zero-order chi connectivity index (χ0) is 10.6. The van der Waals surface area contributed by atoms with Gasteiger partial charge in [0.15, 0.2) is 0 Å². The molecule has 0 unspecified atom stereocenters. The fraction of sp³-hybridized carbons (Fsp3) is 1.00. The molecule has 0 rings (SSSR count). The largest absolute Gasteiger partial charge is 0.394 e. The molecule has 6 heteroatoms. The van der Waals surface area contributed by atoms with Crippen molar-refractivity contribution in [2.75, 3.05) is 13.2 Å². The van der Waals surface area contributed by atoms with Gasteiger partial charge in [-0.2, -0.15) is 0 Å². The average molecular weight is 196 g/mol. The quantitative estimate of drug-likeness (QED) is 0.275. The first kappa shape index (κ1) is 12.8. The Labute approximate surface area is 75.7 Å². The Kier molecular flexibility index (Phi) is 4.76. The second-order valence-corrected chi connectivity index (χ2v) is 3.20. The highest BCUT2D eigenvalue weighted by Gasteiger charge is 2.38. The Morgan fingerprint density at radius 3 is 1.92 bits per heavy atom. The maximum atomic E-state index is 9.25. The van der Waals surface area contributed by atoms with Crippen LogP contribution in [0.1, 0.15) is 6.92 Å². The Morgan fingerprint density at radius 1 is 1.15 bits per heavy atom. The van der Waals surface area contributed by atoms with E-state index < -0.39 is 37.1 Å². The molecule has 0 aromatic carbocycles. The van der Waals surface area contributed by atoms with E-state index in [1.54, 1.807) is 0 Å². The Hall–Kier alpha value is -0.240. The van der Waals surface area contributed by atoms with Gasteiger partial charge in [-0.15, -0.1) is 0 Å². The summed E-state index contributed by atoms with van der Waals surface area (Å²) >= 11 is 0. The van der Waals surface area contributed by atoms with Gasteiger partial charge in [0, 0.05) is 0 Å². The normalized spacial score (nSPS) is 23.3. The SMILES string of the molecule is C[C@@](O)(CO)[C@@H](O)[C@H](O)[C@H](O)CO. The van der Waals surface area contributed by atoms with Crippen LogP contribution in [0.3, 0.4) is 0 Å². The van der Waals surface area contributed by atoms with Gasteiger partial charge in [-0.3, -0.25) is 0 Å². The zero-order valence-electron chi connectivity index (χ0n) is 7.33. The number of aliphatic hydroxyl groups excluding tert-OH is 5. The van der Waals surface area contributed by atoms with Gasteiger partial charge in [0.2, 0.25) is 0 Å². The molecule has 0 spiro atoms. The molecule has 6 nitrogen and oxygen atoms in total. The van der Waals surface area contributed by atoms with Gasteiger partial charge in [0.25, 0.3) is 0 Å². The third-order valence-electron chi connectivity index (χ3n) is 1.86. The average Bonchev–Trinajstić information content (AvgIpc) is 2.14. The summed E-state index contributed by atoms with van der Waals surface area (Å²) in [7, 11) is 0. The lowest BCUT2D eigenvalue weighted by atomic mass is 9.93. The third-order valence-corrected chi connectivity index (χ3v) is 1.86. The minimum Gasteiger partial charge on any atom is -0.394 e. The highest BCUT2D eigenvalue weighted by Crippen LogP contribution is 2.14. The fourth-order valence-electron chi connectivity index (χ4n) is 0.780. The topological polar surface area (TPSA) is 121 Å². The molecule has 13 heavy (non-hydrogen) atoms. The van der Waals surface area contributed by atoms with Crippen LogP contribution in [0.5, 0.6) is 0 Å². The first-order valence-corrected chi connectivity index (χ1v) is 3.85. The molecule has 0 aliphatic carbocycles. The molecule has 0 amide bonds. The van der Waals surface area contributed by atoms with Crippen molar-refractivity contribution in [3.05, 3.63) is 0 Å². The van der Waals surface area contributed by atoms with Crippen LogP contribution in [0.2, 0.25) is 0 Å². The highest BCUT2D eigenvalue weighted by atomic mass is 16.4. The van der Waals surface area contributed by atoms with Gasteiger partial charge in [-0.1, -0.05) is 0 Å². The summed E-state index contributed by atoms with van der Waals surface area (Å²) in [5.41, 5.74) is -1.91. The van der Waals surface area contributed by atoms with Crippen molar-refractivity contribution in [3.63, 3.8) is 0 Å². The molecule has 0 aliphatic heterocycles. The minimum absolute atomic E-state index is 0.736. The summed E-state index contributed by atoms with van der Waals surface area (Å²) < 4.78 is 0. The predicted octanol–water partition coefficient (Wildman–Crippen LogP) is -3.20. The summed E-state index contributed by atoms with van der Waals surface area (Å²) in [5, 5.41) is 53.5. The standard InChI is InChI=1S/C7H16O6/c1-7(13,3-9)6(12)5(11)4(10)2-8/h4-6,8-13H,2-3H2,1H3/t4-,5-,6+,7-/m1/s1. The lowest BCUT2D eigenvalue weighted by Gasteiger charge is -2.32. The molecule has 0 saturated heterocycles. The molecule has 0 heterocycles. The second kappa shape index (κ2) is 4.85. The molecule has 0 aromatic heterocycles. The van der Waals surface area contributed by atoms with Crippen LogP contribution in [0.4, 0.5) is 0 Å². The molecular formula is C7H16O6. The number of hydrogen-bond donors (Lipinski definition) is 6. The van der Waals surface area contributed by atoms with E-state index in [2.05, 4.69) is 0 Å². The van der Waals surface area contributed by atoms with Crippen LogP contribution in [0.25, 0.3) is 0 Å². The van der Waals surface area contributed by atoms with Crippen molar-refractivity contribution in [2.45, 2.75) is 30.8 Å². The zero-order valence-corrected chi connectivity index (χ0v) is 7.33. The maximum absolute atomic E-state index is 9.25. The van der Waals surface area contributed by atoms with E-state index >= 15 is 0 Å². The first-order valence-electron chi connectivity index (χ1n) is 3.85. The van der Waals surface area contributed by atoms with Gasteiger partial charge in [-0.05, 0) is 6.92 Å². The van der Waals surface area contributed by atoms with E-state index in [1.807, 2.05) is 0 Å². The molecular weight excluding hydrogens is 180 g/mol. The fourth-order valence-corrected chi connectivity index (χ4v) is 0.780. The van der Waals surface area contributed by atoms with Crippen LogP contribution >= 0.6 is 0 Å². The molecule has 0 bridgehead atoms. The van der Waals surface area contributed by atoms with Crippen molar-refractivity contribution < 1.29 is 30.6 Å². The van der Waals surface area contributed by atoms with Crippen LogP contribution in [-0.2, 0) is 0 Å². The monoisotopic (exact) mass is 196 g/mol. The lowest BCUT2D eigenvalue weighted by molar-refractivity contribution is -0.164. The number of aliphatic hydroxyl groups is 6. The molecule has 0 aliphatic rings. The number of rotatable bonds is 5. The van der Waals surface area contributed by atoms with Crippen molar-refractivity contribution in [1.82, 2.24) is 0 Å². The minimum atomic E-state index is -1.91. The first-order chi connectivity index (χ1) is 5.86. The predicted molar refractivity (Wildman–Crippen MR) is 42.8 cm³/mol. The van der Waals surface area contributed by atoms with Gasteiger partial charge < -0.3 is 30.6 Å². The number of hydrogen-bond acceptors (Lipinski definition) is 6. The molecule has 6 N–H and O–H groups in total. The molecule has 0 fully saturated rings. The van der Waals surface area contributed by atoms with E-state index in [4.69, 9.17) is 20.4 Å². The van der Waals surface area contributed by atoms with Crippen molar-refractivity contribution >= 4 is 0 Å². The van der Waals surface area contributed by atoms with E-state index in [1.165, 1.54) is 0 Å². The molecule has 4 atom stereocenters. The summed E-state index contributed by atoms with van der Waals surface area (Å²) in [4.78, 5) is 0. The van der Waals surface area contributed by atoms with E-state index in [0.717, 1.165) is 6.92 Å².